The van der Waals surface area contributed by atoms with Gasteiger partial charge in [0.2, 0.25) is 5.89 Å². The Hall–Kier alpha value is -4.72. The Morgan fingerprint density at radius 3 is 2.50 bits per heavy atom. The molecule has 2 aromatic heterocycles. The molecule has 0 spiro atoms. The Labute approximate surface area is 194 Å². The van der Waals surface area contributed by atoms with E-state index in [1.165, 1.54) is 18.2 Å². The molecule has 0 amide bonds. The lowest BCUT2D eigenvalue weighted by molar-refractivity contribution is -0.384. The van der Waals surface area contributed by atoms with Gasteiger partial charge in [0.15, 0.2) is 5.58 Å². The third-order valence-corrected chi connectivity index (χ3v) is 5.54. The van der Waals surface area contributed by atoms with Gasteiger partial charge in [-0.2, -0.15) is 0 Å². The molecule has 0 aliphatic carbocycles. The molecule has 0 bridgehead atoms. The number of non-ortho nitro benzene ring substituents is 1. The summed E-state index contributed by atoms with van der Waals surface area (Å²) < 4.78 is 11.7. The maximum atomic E-state index is 10.8. The number of oxazole rings is 1. The van der Waals surface area contributed by atoms with Crippen molar-refractivity contribution in [3.05, 3.63) is 93.7 Å². The molecule has 8 heteroatoms. The molecule has 0 saturated heterocycles. The van der Waals surface area contributed by atoms with Crippen LogP contribution in [-0.4, -0.2) is 21.2 Å². The van der Waals surface area contributed by atoms with E-state index in [9.17, 15) is 15.2 Å². The molecule has 5 rings (SSSR count). The van der Waals surface area contributed by atoms with Crippen molar-refractivity contribution in [2.75, 3.05) is 0 Å². The van der Waals surface area contributed by atoms with Crippen LogP contribution in [0.1, 0.15) is 16.9 Å². The summed E-state index contributed by atoms with van der Waals surface area (Å²) in [5.41, 5.74) is 5.35. The molecule has 0 aliphatic rings. The molecule has 8 nitrogen and oxygen atoms in total. The Morgan fingerprint density at radius 1 is 0.971 bits per heavy atom. The van der Waals surface area contributed by atoms with Crippen molar-refractivity contribution in [2.45, 2.75) is 13.8 Å². The van der Waals surface area contributed by atoms with Crippen LogP contribution >= 0.6 is 0 Å². The predicted octanol–water partition coefficient (Wildman–Crippen LogP) is 6.74. The second kappa shape index (κ2) is 8.32. The third-order valence-electron chi connectivity index (χ3n) is 5.54. The summed E-state index contributed by atoms with van der Waals surface area (Å²) in [5.74, 6) is 1.43. The van der Waals surface area contributed by atoms with Crippen molar-refractivity contribution in [3.8, 4) is 28.5 Å². The van der Waals surface area contributed by atoms with Crippen LogP contribution in [0, 0.1) is 24.0 Å². The summed E-state index contributed by atoms with van der Waals surface area (Å²) in [6, 6.07) is 18.4. The van der Waals surface area contributed by atoms with Crippen LogP contribution in [0.5, 0.6) is 5.75 Å². The molecule has 2 heterocycles. The number of nitro benzene ring substituents is 1. The first-order valence-corrected chi connectivity index (χ1v) is 10.5. The topological polar surface area (TPSA) is 115 Å². The van der Waals surface area contributed by atoms with Crippen molar-refractivity contribution in [1.82, 2.24) is 4.98 Å². The monoisotopic (exact) mass is 453 g/mol. The summed E-state index contributed by atoms with van der Waals surface area (Å²) in [5, 5.41) is 21.2. The van der Waals surface area contributed by atoms with Gasteiger partial charge in [-0.25, -0.2) is 4.98 Å². The highest BCUT2D eigenvalue weighted by Gasteiger charge is 2.14. The van der Waals surface area contributed by atoms with Crippen LogP contribution in [0.3, 0.4) is 0 Å². The average Bonchev–Trinajstić information content (AvgIpc) is 3.46. The lowest BCUT2D eigenvalue weighted by Gasteiger charge is -2.01. The number of rotatable bonds is 5. The van der Waals surface area contributed by atoms with E-state index in [1.807, 2.05) is 26.0 Å². The van der Waals surface area contributed by atoms with Crippen molar-refractivity contribution in [3.63, 3.8) is 0 Å². The van der Waals surface area contributed by atoms with Gasteiger partial charge in [0, 0.05) is 17.7 Å². The lowest BCUT2D eigenvalue weighted by atomic mass is 10.1. The van der Waals surface area contributed by atoms with Gasteiger partial charge in [-0.15, -0.1) is 0 Å². The quantitative estimate of drug-likeness (QED) is 0.179. The number of benzene rings is 3. The molecule has 5 aromatic rings. The fraction of sp³-hybridized carbons (Fsp3) is 0.0769. The smallest absolute Gasteiger partial charge is 0.269 e. The zero-order chi connectivity index (χ0) is 23.8. The summed E-state index contributed by atoms with van der Waals surface area (Å²) in [6.07, 6.45) is 1.56. The van der Waals surface area contributed by atoms with Gasteiger partial charge in [0.05, 0.1) is 22.4 Å². The minimum atomic E-state index is -0.446. The molecule has 34 heavy (non-hydrogen) atoms. The molecule has 0 aliphatic heterocycles. The Balaban J connectivity index is 1.40. The largest absolute Gasteiger partial charge is 0.507 e. The van der Waals surface area contributed by atoms with E-state index in [-0.39, 0.29) is 11.4 Å². The number of aliphatic imine (C=N–C) groups is 1. The van der Waals surface area contributed by atoms with Crippen molar-refractivity contribution < 1.29 is 18.9 Å². The van der Waals surface area contributed by atoms with E-state index in [2.05, 4.69) is 9.98 Å². The number of phenols is 1. The van der Waals surface area contributed by atoms with Crippen LogP contribution in [-0.2, 0) is 0 Å². The number of aromatic nitrogens is 1. The van der Waals surface area contributed by atoms with Gasteiger partial charge in [-0.05, 0) is 79.6 Å². The molecular weight excluding hydrogens is 434 g/mol. The first-order valence-electron chi connectivity index (χ1n) is 10.5. The van der Waals surface area contributed by atoms with Crippen LogP contribution in [0.2, 0.25) is 0 Å². The molecule has 1 N–H and O–H groups in total. The first kappa shape index (κ1) is 21.1. The molecule has 0 saturated carbocycles. The maximum absolute atomic E-state index is 10.8. The van der Waals surface area contributed by atoms with E-state index >= 15 is 0 Å². The number of aromatic hydroxyl groups is 1. The SMILES string of the molecule is Cc1cc2nc(-c3cc(N=Cc4ccc(-c5ccc([N+](=O)[O-])cc5)o4)ccc3O)oc2cc1C. The summed E-state index contributed by atoms with van der Waals surface area (Å²) >= 11 is 0. The highest BCUT2D eigenvalue weighted by Crippen LogP contribution is 2.34. The normalized spacial score (nSPS) is 11.5. The highest BCUT2D eigenvalue weighted by molar-refractivity contribution is 5.82. The number of nitrogens with zero attached hydrogens (tertiary/aromatic N) is 3. The Morgan fingerprint density at radius 2 is 1.74 bits per heavy atom. The second-order valence-electron chi connectivity index (χ2n) is 7.89. The zero-order valence-electron chi connectivity index (χ0n) is 18.4. The number of furan rings is 1. The Kier molecular flexibility index (Phi) is 5.18. The lowest BCUT2D eigenvalue weighted by Crippen LogP contribution is -1.86. The highest BCUT2D eigenvalue weighted by atomic mass is 16.6. The molecule has 0 radical (unpaired) electrons. The van der Waals surface area contributed by atoms with E-state index in [0.717, 1.165) is 22.2 Å². The van der Waals surface area contributed by atoms with E-state index in [0.29, 0.717) is 34.2 Å². The fourth-order valence-corrected chi connectivity index (χ4v) is 3.53. The summed E-state index contributed by atoms with van der Waals surface area (Å²) in [4.78, 5) is 19.3. The number of nitro groups is 1. The van der Waals surface area contributed by atoms with Gasteiger partial charge in [0.1, 0.15) is 22.8 Å². The fourth-order valence-electron chi connectivity index (χ4n) is 3.53. The molecule has 0 atom stereocenters. The second-order valence-corrected chi connectivity index (χ2v) is 7.89. The summed E-state index contributed by atoms with van der Waals surface area (Å²) in [6.45, 7) is 4.02. The van der Waals surface area contributed by atoms with Crippen molar-refractivity contribution >= 4 is 28.7 Å². The number of hydrogen-bond acceptors (Lipinski definition) is 7. The van der Waals surface area contributed by atoms with Crippen LogP contribution in [0.25, 0.3) is 33.9 Å². The minimum absolute atomic E-state index is 0.0180. The third kappa shape index (κ3) is 4.04. The van der Waals surface area contributed by atoms with Crippen LogP contribution in [0.15, 0.2) is 80.6 Å². The number of fused-ring (bicyclic) bond motifs is 1. The van der Waals surface area contributed by atoms with Gasteiger partial charge >= 0.3 is 0 Å². The molecule has 3 aromatic carbocycles. The van der Waals surface area contributed by atoms with E-state index in [4.69, 9.17) is 8.83 Å². The zero-order valence-corrected chi connectivity index (χ0v) is 18.4. The summed E-state index contributed by atoms with van der Waals surface area (Å²) in [7, 11) is 0. The predicted molar refractivity (Wildman–Crippen MR) is 129 cm³/mol. The first-order chi connectivity index (χ1) is 16.4. The molecule has 168 valence electrons. The van der Waals surface area contributed by atoms with Crippen LogP contribution in [0.4, 0.5) is 11.4 Å². The van der Waals surface area contributed by atoms with Gasteiger partial charge in [-0.3, -0.25) is 15.1 Å². The minimum Gasteiger partial charge on any atom is -0.507 e. The number of phenolic OH excluding ortho intramolecular Hbond substituents is 1. The van der Waals surface area contributed by atoms with Crippen LogP contribution < -0.4 is 0 Å². The number of aryl methyl sites for hydroxylation is 2. The van der Waals surface area contributed by atoms with E-state index in [1.54, 1.807) is 42.6 Å². The van der Waals surface area contributed by atoms with Crippen molar-refractivity contribution in [2.24, 2.45) is 4.99 Å². The average molecular weight is 453 g/mol. The molecule has 0 unspecified atom stereocenters. The Bertz CT molecular complexity index is 1520. The molecular formula is C26H19N3O5. The van der Waals surface area contributed by atoms with Crippen molar-refractivity contribution in [1.29, 1.82) is 0 Å². The van der Waals surface area contributed by atoms with Gasteiger partial charge in [0.25, 0.3) is 5.69 Å². The van der Waals surface area contributed by atoms with Gasteiger partial charge in [-0.1, -0.05) is 0 Å². The molecule has 0 fully saturated rings. The number of hydrogen-bond donors (Lipinski definition) is 1. The van der Waals surface area contributed by atoms with E-state index < -0.39 is 4.92 Å². The maximum Gasteiger partial charge on any atom is 0.269 e. The van der Waals surface area contributed by atoms with Gasteiger partial charge < -0.3 is 13.9 Å². The standard InChI is InChI=1S/C26H19N3O5/c1-15-11-22-25(12-16(15)2)34-26(28-22)21-13-18(5-9-23(21)30)27-14-20-8-10-24(33-20)17-3-6-19(7-4-17)29(31)32/h3-14,30H,1-2H3.